The van der Waals surface area contributed by atoms with Crippen LogP contribution < -0.4 is 4.74 Å². The van der Waals surface area contributed by atoms with Crippen molar-refractivity contribution in [3.8, 4) is 5.75 Å². The largest absolute Gasteiger partial charge is 0.492 e. The van der Waals surface area contributed by atoms with Crippen molar-refractivity contribution >= 4 is 5.97 Å². The molecule has 0 unspecified atom stereocenters. The second kappa shape index (κ2) is 5.68. The molecule has 4 nitrogen and oxygen atoms in total. The fraction of sp³-hybridized carbons (Fsp3) is 0.538. The first-order chi connectivity index (χ1) is 9.41. The summed E-state index contributed by atoms with van der Waals surface area (Å²) in [6, 6.07) is 1.40. The maximum Gasteiger partial charge on any atom is 0.392 e. The van der Waals surface area contributed by atoms with Crippen LogP contribution in [0.3, 0.4) is 0 Å². The molecule has 7 heteroatoms. The van der Waals surface area contributed by atoms with Gasteiger partial charge in [-0.2, -0.15) is 13.2 Å². The molecule has 0 amide bonds. The molecule has 2 atom stereocenters. The first kappa shape index (κ1) is 14.6. The highest BCUT2D eigenvalue weighted by Gasteiger charge is 2.49. The molecular formula is C13H14F3NO3. The number of rotatable bonds is 4. The van der Waals surface area contributed by atoms with Crippen LogP contribution in [-0.2, 0) is 4.74 Å². The number of methoxy groups -OCH3 is 1. The fourth-order valence-electron chi connectivity index (χ4n) is 2.13. The summed E-state index contributed by atoms with van der Waals surface area (Å²) in [4.78, 5) is 15.1. The van der Waals surface area contributed by atoms with Crippen molar-refractivity contribution in [3.05, 3.63) is 24.0 Å². The van der Waals surface area contributed by atoms with Crippen molar-refractivity contribution in [1.29, 1.82) is 0 Å². The molecule has 0 radical (unpaired) electrons. The lowest BCUT2D eigenvalue weighted by molar-refractivity contribution is -0.216. The van der Waals surface area contributed by atoms with E-state index < -0.39 is 24.0 Å². The molecular weight excluding hydrogens is 275 g/mol. The molecule has 2 rings (SSSR count). The summed E-state index contributed by atoms with van der Waals surface area (Å²) in [5, 5.41) is 0. The molecule has 0 N–H and O–H groups in total. The van der Waals surface area contributed by atoms with E-state index in [1.165, 1.54) is 25.6 Å². The third-order valence-corrected chi connectivity index (χ3v) is 3.44. The summed E-state index contributed by atoms with van der Waals surface area (Å²) in [6.07, 6.45) is -0.862. The molecule has 0 aromatic carbocycles. The van der Waals surface area contributed by atoms with Gasteiger partial charge in [0.15, 0.2) is 0 Å². The summed E-state index contributed by atoms with van der Waals surface area (Å²) in [7, 11) is 1.23. The van der Waals surface area contributed by atoms with Crippen LogP contribution >= 0.6 is 0 Å². The maximum absolute atomic E-state index is 12.6. The van der Waals surface area contributed by atoms with Crippen LogP contribution in [0, 0.1) is 11.8 Å². The molecule has 1 aromatic heterocycles. The van der Waals surface area contributed by atoms with E-state index in [1.807, 2.05) is 0 Å². The van der Waals surface area contributed by atoms with Crippen molar-refractivity contribution < 1.29 is 27.4 Å². The SMILES string of the molecule is COC(=O)c1cncc(OC[C@@H]2CC[C@H]2C(F)(F)F)c1. The molecule has 0 aliphatic heterocycles. The Labute approximate surface area is 113 Å². The molecule has 1 saturated carbocycles. The fourth-order valence-corrected chi connectivity index (χ4v) is 2.13. The normalized spacial score (nSPS) is 22.0. The minimum absolute atomic E-state index is 0.0313. The zero-order chi connectivity index (χ0) is 14.8. The zero-order valence-corrected chi connectivity index (χ0v) is 10.8. The highest BCUT2D eigenvalue weighted by Crippen LogP contribution is 2.45. The van der Waals surface area contributed by atoms with Gasteiger partial charge in [-0.3, -0.25) is 4.98 Å². The van der Waals surface area contributed by atoms with Gasteiger partial charge >= 0.3 is 12.1 Å². The molecule has 0 saturated heterocycles. The minimum atomic E-state index is -4.17. The van der Waals surface area contributed by atoms with E-state index in [-0.39, 0.29) is 24.3 Å². The third kappa shape index (κ3) is 3.20. The van der Waals surface area contributed by atoms with E-state index in [4.69, 9.17) is 4.74 Å². The van der Waals surface area contributed by atoms with Gasteiger partial charge in [0, 0.05) is 12.1 Å². The van der Waals surface area contributed by atoms with Gasteiger partial charge in [0.25, 0.3) is 0 Å². The number of alkyl halides is 3. The highest BCUT2D eigenvalue weighted by molar-refractivity contribution is 5.89. The van der Waals surface area contributed by atoms with E-state index in [9.17, 15) is 18.0 Å². The van der Waals surface area contributed by atoms with Crippen LogP contribution in [0.15, 0.2) is 18.5 Å². The first-order valence-electron chi connectivity index (χ1n) is 6.14. The number of hydrogen-bond donors (Lipinski definition) is 0. The molecule has 1 heterocycles. The summed E-state index contributed by atoms with van der Waals surface area (Å²) in [6.45, 7) is -0.0313. The second-order valence-corrected chi connectivity index (χ2v) is 4.70. The van der Waals surface area contributed by atoms with E-state index in [0.717, 1.165) is 0 Å². The van der Waals surface area contributed by atoms with Gasteiger partial charge in [-0.05, 0) is 18.9 Å². The van der Waals surface area contributed by atoms with Crippen molar-refractivity contribution in [3.63, 3.8) is 0 Å². The number of halogens is 3. The third-order valence-electron chi connectivity index (χ3n) is 3.44. The Morgan fingerprint density at radius 3 is 2.70 bits per heavy atom. The number of ether oxygens (including phenoxy) is 2. The Morgan fingerprint density at radius 1 is 1.40 bits per heavy atom. The summed E-state index contributed by atoms with van der Waals surface area (Å²) < 4.78 is 47.5. The van der Waals surface area contributed by atoms with Gasteiger partial charge in [-0.15, -0.1) is 0 Å². The Hall–Kier alpha value is -1.79. The summed E-state index contributed by atoms with van der Waals surface area (Å²) >= 11 is 0. The topological polar surface area (TPSA) is 48.4 Å². The zero-order valence-electron chi connectivity index (χ0n) is 10.8. The van der Waals surface area contributed by atoms with Crippen LogP contribution in [0.2, 0.25) is 0 Å². The van der Waals surface area contributed by atoms with Crippen LogP contribution in [0.25, 0.3) is 0 Å². The average Bonchev–Trinajstić information content (AvgIpc) is 2.35. The monoisotopic (exact) mass is 289 g/mol. The van der Waals surface area contributed by atoms with Crippen LogP contribution in [0.4, 0.5) is 13.2 Å². The summed E-state index contributed by atoms with van der Waals surface area (Å²) in [5.41, 5.74) is 0.200. The van der Waals surface area contributed by atoms with E-state index in [1.54, 1.807) is 0 Å². The van der Waals surface area contributed by atoms with Gasteiger partial charge < -0.3 is 9.47 Å². The molecule has 110 valence electrons. The smallest absolute Gasteiger partial charge is 0.392 e. The second-order valence-electron chi connectivity index (χ2n) is 4.70. The lowest BCUT2D eigenvalue weighted by Gasteiger charge is -2.37. The lowest BCUT2D eigenvalue weighted by atomic mass is 9.74. The molecule has 0 bridgehead atoms. The van der Waals surface area contributed by atoms with Crippen molar-refractivity contribution in [1.82, 2.24) is 4.98 Å². The molecule has 20 heavy (non-hydrogen) atoms. The van der Waals surface area contributed by atoms with Crippen molar-refractivity contribution in [2.75, 3.05) is 13.7 Å². The minimum Gasteiger partial charge on any atom is -0.492 e. The molecule has 1 fully saturated rings. The quantitative estimate of drug-likeness (QED) is 0.800. The number of esters is 1. The van der Waals surface area contributed by atoms with Crippen LogP contribution in [0.1, 0.15) is 23.2 Å². The average molecular weight is 289 g/mol. The number of hydrogen-bond acceptors (Lipinski definition) is 4. The van der Waals surface area contributed by atoms with Crippen molar-refractivity contribution in [2.24, 2.45) is 11.8 Å². The van der Waals surface area contributed by atoms with Gasteiger partial charge in [0.2, 0.25) is 0 Å². The van der Waals surface area contributed by atoms with E-state index in [0.29, 0.717) is 6.42 Å². The molecule has 1 aliphatic carbocycles. The predicted molar refractivity (Wildman–Crippen MR) is 63.3 cm³/mol. The van der Waals surface area contributed by atoms with Gasteiger partial charge in [0.1, 0.15) is 5.75 Å². The number of carbonyl (C=O) groups excluding carboxylic acids is 1. The highest BCUT2D eigenvalue weighted by atomic mass is 19.4. The van der Waals surface area contributed by atoms with Crippen LogP contribution in [-0.4, -0.2) is 30.8 Å². The Kier molecular flexibility index (Phi) is 4.15. The number of carbonyl (C=O) groups is 1. The standard InChI is InChI=1S/C13H14F3NO3/c1-19-12(18)9-4-10(6-17-5-9)20-7-8-2-3-11(8)13(14,15)16/h4-6,8,11H,2-3,7H2,1H3/t8-,11+/m0/s1. The van der Waals surface area contributed by atoms with E-state index in [2.05, 4.69) is 9.72 Å². The van der Waals surface area contributed by atoms with Crippen molar-refractivity contribution in [2.45, 2.75) is 19.0 Å². The Balaban J connectivity index is 1.93. The lowest BCUT2D eigenvalue weighted by Crippen LogP contribution is -2.41. The maximum atomic E-state index is 12.6. The number of aromatic nitrogens is 1. The first-order valence-corrected chi connectivity index (χ1v) is 6.14. The molecule has 0 spiro atoms. The van der Waals surface area contributed by atoms with Gasteiger partial charge in [0.05, 0.1) is 31.4 Å². The Bertz CT molecular complexity index is 490. The van der Waals surface area contributed by atoms with E-state index >= 15 is 0 Å². The molecule has 1 aliphatic rings. The van der Waals surface area contributed by atoms with Gasteiger partial charge in [-0.25, -0.2) is 4.79 Å². The number of nitrogens with zero attached hydrogens (tertiary/aromatic N) is 1. The van der Waals surface area contributed by atoms with Crippen LogP contribution in [0.5, 0.6) is 5.75 Å². The Morgan fingerprint density at radius 2 is 2.15 bits per heavy atom. The number of pyridine rings is 1. The summed E-state index contributed by atoms with van der Waals surface area (Å²) in [5.74, 6) is -2.13. The van der Waals surface area contributed by atoms with Gasteiger partial charge in [-0.1, -0.05) is 0 Å². The predicted octanol–water partition coefficient (Wildman–Crippen LogP) is 2.84. The molecule has 1 aromatic rings.